The Labute approximate surface area is 145 Å². The fourth-order valence-corrected chi connectivity index (χ4v) is 2.86. The summed E-state index contributed by atoms with van der Waals surface area (Å²) in [5.41, 5.74) is 3.87. The third-order valence-corrected chi connectivity index (χ3v) is 4.17. The van der Waals surface area contributed by atoms with E-state index in [1.165, 1.54) is 6.20 Å². The molecule has 1 amide bonds. The number of diazo groups is 1. The molecule has 25 heavy (non-hydrogen) atoms. The summed E-state index contributed by atoms with van der Waals surface area (Å²) in [6.07, 6.45) is 1.47. The van der Waals surface area contributed by atoms with Crippen LogP contribution in [0.3, 0.4) is 0 Å². The average Bonchev–Trinajstić information content (AvgIpc) is 2.68. The van der Waals surface area contributed by atoms with E-state index < -0.39 is 0 Å². The van der Waals surface area contributed by atoms with Crippen molar-refractivity contribution in [2.45, 2.75) is 0 Å². The van der Waals surface area contributed by atoms with Gasteiger partial charge >= 0.3 is 5.08 Å². The Balaban J connectivity index is 1.63. The number of hydrogen-bond donors (Lipinski definition) is 1. The molecule has 3 rings (SSSR count). The van der Waals surface area contributed by atoms with Crippen molar-refractivity contribution in [3.8, 4) is 5.75 Å². The monoisotopic (exact) mass is 339 g/mol. The number of anilines is 2. The summed E-state index contributed by atoms with van der Waals surface area (Å²) in [6, 6.07) is 11.1. The van der Waals surface area contributed by atoms with Gasteiger partial charge in [0.2, 0.25) is 5.82 Å². The first-order valence-corrected chi connectivity index (χ1v) is 7.96. The fraction of sp³-hybridized carbons (Fsp3) is 0.294. The number of para-hydroxylation sites is 2. The first-order chi connectivity index (χ1) is 12.2. The minimum absolute atomic E-state index is 0.0559. The van der Waals surface area contributed by atoms with Crippen LogP contribution in [0.2, 0.25) is 0 Å². The minimum atomic E-state index is -0.0559. The number of methoxy groups -OCH3 is 1. The number of hydrogen-bond acceptors (Lipinski definition) is 6. The molecule has 2 heterocycles. The van der Waals surface area contributed by atoms with Gasteiger partial charge in [-0.05, 0) is 24.3 Å². The number of benzene rings is 1. The summed E-state index contributed by atoms with van der Waals surface area (Å²) in [7, 11) is 1.66. The molecule has 1 N–H and O–H groups in total. The van der Waals surface area contributed by atoms with Gasteiger partial charge in [-0.3, -0.25) is 4.79 Å². The van der Waals surface area contributed by atoms with E-state index in [0.29, 0.717) is 24.5 Å². The molecule has 0 saturated carbocycles. The lowest BCUT2D eigenvalue weighted by Crippen LogP contribution is -2.48. The molecule has 1 aliphatic rings. The summed E-state index contributed by atoms with van der Waals surface area (Å²) in [5, 5.41) is 11.2. The van der Waals surface area contributed by atoms with E-state index >= 15 is 0 Å². The van der Waals surface area contributed by atoms with Crippen molar-refractivity contribution >= 4 is 17.4 Å². The van der Waals surface area contributed by atoms with Gasteiger partial charge in [0.25, 0.3) is 11.3 Å². The Kier molecular flexibility index (Phi) is 4.95. The number of nitrogens with zero attached hydrogens (tertiary/aromatic N) is 5. The summed E-state index contributed by atoms with van der Waals surface area (Å²) in [5.74, 6) is 1.16. The predicted octanol–water partition coefficient (Wildman–Crippen LogP) is 2.23. The lowest BCUT2D eigenvalue weighted by atomic mass is 10.2. The normalized spacial score (nSPS) is 13.9. The van der Waals surface area contributed by atoms with Gasteiger partial charge in [-0.1, -0.05) is 12.1 Å². The number of piperazine rings is 1. The molecular formula is C17H19N6O2+. The summed E-state index contributed by atoms with van der Waals surface area (Å²) in [6.45, 7) is 2.73. The van der Waals surface area contributed by atoms with Crippen molar-refractivity contribution in [2.24, 2.45) is 0 Å². The maximum Gasteiger partial charge on any atom is 0.309 e. The molecule has 0 atom stereocenters. The first kappa shape index (κ1) is 16.5. The van der Waals surface area contributed by atoms with Gasteiger partial charge in [-0.25, -0.2) is 4.98 Å². The Morgan fingerprint density at radius 2 is 1.96 bits per heavy atom. The largest absolute Gasteiger partial charge is 0.495 e. The number of rotatable bonds is 4. The van der Waals surface area contributed by atoms with Crippen LogP contribution in [-0.2, 0) is 0 Å². The molecule has 1 aromatic carbocycles. The zero-order valence-corrected chi connectivity index (χ0v) is 13.9. The molecule has 128 valence electrons. The molecule has 1 aliphatic heterocycles. The SMILES string of the molecule is COc1ccccc1N1CCN(C(=O)c2ccc(N[N+]#N)nc2)CC1. The van der Waals surface area contributed by atoms with Gasteiger partial charge in [-0.15, -0.1) is 0 Å². The molecule has 1 saturated heterocycles. The number of pyridine rings is 1. The van der Waals surface area contributed by atoms with Crippen LogP contribution in [0.25, 0.3) is 5.08 Å². The second kappa shape index (κ2) is 7.49. The molecule has 1 fully saturated rings. The van der Waals surface area contributed by atoms with Gasteiger partial charge < -0.3 is 14.5 Å². The van der Waals surface area contributed by atoms with E-state index in [1.54, 1.807) is 19.2 Å². The van der Waals surface area contributed by atoms with E-state index in [1.807, 2.05) is 29.2 Å². The van der Waals surface area contributed by atoms with Crippen molar-refractivity contribution in [3.63, 3.8) is 0 Å². The van der Waals surface area contributed by atoms with Crippen LogP contribution in [0, 0.1) is 5.39 Å². The lowest BCUT2D eigenvalue weighted by Gasteiger charge is -2.36. The van der Waals surface area contributed by atoms with Crippen LogP contribution in [0.1, 0.15) is 10.4 Å². The van der Waals surface area contributed by atoms with Gasteiger partial charge in [0.1, 0.15) is 5.75 Å². The first-order valence-electron chi connectivity index (χ1n) is 7.96. The Hall–Kier alpha value is -3.34. The third-order valence-electron chi connectivity index (χ3n) is 4.17. The highest BCUT2D eigenvalue weighted by atomic mass is 16.5. The van der Waals surface area contributed by atoms with Crippen LogP contribution >= 0.6 is 0 Å². The Morgan fingerprint density at radius 1 is 1.20 bits per heavy atom. The van der Waals surface area contributed by atoms with Crippen LogP contribution in [-0.4, -0.2) is 49.1 Å². The van der Waals surface area contributed by atoms with E-state index in [9.17, 15) is 4.79 Å². The second-order valence-corrected chi connectivity index (χ2v) is 5.60. The van der Waals surface area contributed by atoms with Gasteiger partial charge in [0.05, 0.1) is 18.4 Å². The molecule has 0 spiro atoms. The van der Waals surface area contributed by atoms with Crippen LogP contribution in [0.15, 0.2) is 42.6 Å². The van der Waals surface area contributed by atoms with E-state index in [0.717, 1.165) is 24.5 Å². The molecular weight excluding hydrogens is 320 g/mol. The summed E-state index contributed by atoms with van der Waals surface area (Å²) in [4.78, 5) is 20.6. The highest BCUT2D eigenvalue weighted by molar-refractivity contribution is 5.94. The van der Waals surface area contributed by atoms with E-state index in [4.69, 9.17) is 10.1 Å². The maximum absolute atomic E-state index is 12.6. The van der Waals surface area contributed by atoms with E-state index in [-0.39, 0.29) is 5.91 Å². The molecule has 1 aromatic heterocycles. The average molecular weight is 339 g/mol. The maximum atomic E-state index is 12.6. The lowest BCUT2D eigenvalue weighted by molar-refractivity contribution is 0.0746. The zero-order valence-electron chi connectivity index (χ0n) is 13.9. The number of amides is 1. The van der Waals surface area contributed by atoms with Gasteiger partial charge in [-0.2, -0.15) is 0 Å². The predicted molar refractivity (Wildman–Crippen MR) is 94.1 cm³/mol. The number of carbonyl (C=O) groups is 1. The van der Waals surface area contributed by atoms with Crippen LogP contribution in [0.5, 0.6) is 5.75 Å². The number of ether oxygens (including phenoxy) is 1. The molecule has 8 heteroatoms. The molecule has 0 aliphatic carbocycles. The molecule has 8 nitrogen and oxygen atoms in total. The standard InChI is InChI=1S/C17H18N6O2/c1-25-15-5-3-2-4-14(15)22-8-10-23(11-9-22)17(24)13-6-7-16(19-12-13)20-21-18/h2-7,12H,8-11H2,1H3/p+1. The molecule has 2 aromatic rings. The summed E-state index contributed by atoms with van der Waals surface area (Å²) < 4.78 is 5.41. The van der Waals surface area contributed by atoms with Crippen molar-refractivity contribution in [1.82, 2.24) is 9.88 Å². The number of nitrogens with one attached hydrogen (secondary N) is 1. The van der Waals surface area contributed by atoms with Gasteiger partial charge in [0.15, 0.2) is 0 Å². The quantitative estimate of drug-likeness (QED) is 0.679. The van der Waals surface area contributed by atoms with Gasteiger partial charge in [0, 0.05) is 37.8 Å². The smallest absolute Gasteiger partial charge is 0.309 e. The van der Waals surface area contributed by atoms with Crippen LogP contribution < -0.4 is 15.1 Å². The number of carbonyl (C=O) groups excluding carboxylic acids is 1. The van der Waals surface area contributed by atoms with Crippen molar-refractivity contribution in [2.75, 3.05) is 43.6 Å². The topological polar surface area (TPSA) is 85.9 Å². The fourth-order valence-electron chi connectivity index (χ4n) is 2.86. The van der Waals surface area contributed by atoms with Crippen molar-refractivity contribution in [1.29, 1.82) is 5.39 Å². The third kappa shape index (κ3) is 3.61. The second-order valence-electron chi connectivity index (χ2n) is 5.60. The Morgan fingerprint density at radius 3 is 2.60 bits per heavy atom. The highest BCUT2D eigenvalue weighted by Crippen LogP contribution is 2.28. The van der Waals surface area contributed by atoms with E-state index in [2.05, 4.69) is 20.4 Å². The molecule has 0 bridgehead atoms. The highest BCUT2D eigenvalue weighted by Gasteiger charge is 2.24. The van der Waals surface area contributed by atoms with Crippen molar-refractivity contribution < 1.29 is 9.53 Å². The Bertz CT molecular complexity index is 778. The molecule has 0 radical (unpaired) electrons. The van der Waals surface area contributed by atoms with Crippen molar-refractivity contribution in [3.05, 3.63) is 53.2 Å². The number of aromatic nitrogens is 1. The molecule has 0 unspecified atom stereocenters. The minimum Gasteiger partial charge on any atom is -0.495 e. The van der Waals surface area contributed by atoms with Crippen LogP contribution in [0.4, 0.5) is 11.5 Å². The summed E-state index contributed by atoms with van der Waals surface area (Å²) >= 11 is 0. The zero-order chi connectivity index (χ0) is 17.6.